The Bertz CT molecular complexity index is 441. The molecule has 0 fully saturated rings. The van der Waals surface area contributed by atoms with E-state index in [2.05, 4.69) is 58.7 Å². The van der Waals surface area contributed by atoms with Gasteiger partial charge in [-0.3, -0.25) is 0 Å². The second-order valence-electron chi connectivity index (χ2n) is 5.46. The van der Waals surface area contributed by atoms with Gasteiger partial charge in [-0.05, 0) is 56.7 Å². The molecule has 0 heterocycles. The minimum absolute atomic E-state index is 0.950. The predicted octanol–water partition coefficient (Wildman–Crippen LogP) is 5.04. The topological polar surface area (TPSA) is 0 Å². The van der Waals surface area contributed by atoms with E-state index in [1.54, 1.807) is 0 Å². The highest BCUT2D eigenvalue weighted by Gasteiger charge is 2.09. The molecule has 1 aromatic rings. The molecule has 0 N–H and O–H groups in total. The third-order valence-electron chi connectivity index (χ3n) is 2.83. The van der Waals surface area contributed by atoms with Gasteiger partial charge in [0.1, 0.15) is 0 Å². The fraction of sp³-hybridized carbons (Fsp3) is 0.333. The standard InChI is InChI=1S/C18H24/c1-13(2)10-16-8-7-9-17(11-14(3)4)18(16)12-15(5)6/h7-9H,1,3,5,10-12H2,2,4,6H3. The third kappa shape index (κ3) is 4.37. The zero-order valence-corrected chi connectivity index (χ0v) is 12.0. The molecule has 0 aromatic heterocycles. The van der Waals surface area contributed by atoms with E-state index < -0.39 is 0 Å². The number of hydrogen-bond acceptors (Lipinski definition) is 0. The van der Waals surface area contributed by atoms with Crippen LogP contribution in [0.2, 0.25) is 0 Å². The summed E-state index contributed by atoms with van der Waals surface area (Å²) >= 11 is 0. The highest BCUT2D eigenvalue weighted by atomic mass is 14.1. The Morgan fingerprint density at radius 1 is 0.778 bits per heavy atom. The molecule has 0 aliphatic carbocycles. The first-order chi connectivity index (χ1) is 8.40. The number of benzene rings is 1. The summed E-state index contributed by atoms with van der Waals surface area (Å²) in [5.41, 5.74) is 7.77. The van der Waals surface area contributed by atoms with Crippen LogP contribution < -0.4 is 0 Å². The van der Waals surface area contributed by atoms with Crippen LogP contribution in [0.1, 0.15) is 37.5 Å². The molecule has 0 nitrogen and oxygen atoms in total. The molecule has 0 radical (unpaired) electrons. The summed E-state index contributed by atoms with van der Waals surface area (Å²) in [4.78, 5) is 0. The number of allylic oxidation sites excluding steroid dienone is 3. The lowest BCUT2D eigenvalue weighted by molar-refractivity contribution is 1.01. The molecule has 0 heteroatoms. The van der Waals surface area contributed by atoms with Crippen molar-refractivity contribution < 1.29 is 0 Å². The van der Waals surface area contributed by atoms with Crippen molar-refractivity contribution in [2.75, 3.05) is 0 Å². The van der Waals surface area contributed by atoms with E-state index in [0.29, 0.717) is 0 Å². The van der Waals surface area contributed by atoms with E-state index in [1.165, 1.54) is 33.4 Å². The van der Waals surface area contributed by atoms with E-state index in [9.17, 15) is 0 Å². The van der Waals surface area contributed by atoms with Gasteiger partial charge >= 0.3 is 0 Å². The van der Waals surface area contributed by atoms with E-state index in [1.807, 2.05) is 0 Å². The molecule has 18 heavy (non-hydrogen) atoms. The highest BCUT2D eigenvalue weighted by Crippen LogP contribution is 2.22. The van der Waals surface area contributed by atoms with Crippen LogP contribution in [0.5, 0.6) is 0 Å². The third-order valence-corrected chi connectivity index (χ3v) is 2.83. The van der Waals surface area contributed by atoms with E-state index in [4.69, 9.17) is 0 Å². The Morgan fingerprint density at radius 3 is 1.50 bits per heavy atom. The second-order valence-corrected chi connectivity index (χ2v) is 5.46. The fourth-order valence-electron chi connectivity index (χ4n) is 2.20. The minimum Gasteiger partial charge on any atom is -0.0998 e. The average molecular weight is 240 g/mol. The Morgan fingerprint density at radius 2 is 1.17 bits per heavy atom. The molecule has 0 bridgehead atoms. The van der Waals surface area contributed by atoms with Crippen LogP contribution in [0.3, 0.4) is 0 Å². The Labute approximate surface area is 112 Å². The van der Waals surface area contributed by atoms with Crippen LogP contribution in [-0.4, -0.2) is 0 Å². The van der Waals surface area contributed by atoms with Gasteiger partial charge in [0.2, 0.25) is 0 Å². The first-order valence-electron chi connectivity index (χ1n) is 6.43. The number of hydrogen-bond donors (Lipinski definition) is 0. The molecule has 0 saturated heterocycles. The van der Waals surface area contributed by atoms with E-state index >= 15 is 0 Å². The van der Waals surface area contributed by atoms with Gasteiger partial charge < -0.3 is 0 Å². The molecule has 0 atom stereocenters. The molecular weight excluding hydrogens is 216 g/mol. The van der Waals surface area contributed by atoms with E-state index in [-0.39, 0.29) is 0 Å². The zero-order chi connectivity index (χ0) is 13.7. The van der Waals surface area contributed by atoms with Crippen molar-refractivity contribution in [1.29, 1.82) is 0 Å². The average Bonchev–Trinajstić information content (AvgIpc) is 2.20. The Balaban J connectivity index is 3.19. The van der Waals surface area contributed by atoms with Gasteiger partial charge in [0, 0.05) is 0 Å². The molecule has 1 rings (SSSR count). The van der Waals surface area contributed by atoms with Crippen LogP contribution in [0.15, 0.2) is 54.7 Å². The monoisotopic (exact) mass is 240 g/mol. The fourth-order valence-corrected chi connectivity index (χ4v) is 2.20. The van der Waals surface area contributed by atoms with Gasteiger partial charge in [-0.1, -0.05) is 54.7 Å². The summed E-state index contributed by atoms with van der Waals surface area (Å²) < 4.78 is 0. The maximum atomic E-state index is 4.05. The van der Waals surface area contributed by atoms with Crippen molar-refractivity contribution in [3.05, 3.63) is 71.3 Å². The maximum absolute atomic E-state index is 4.05. The molecule has 0 amide bonds. The normalized spacial score (nSPS) is 10.2. The largest absolute Gasteiger partial charge is 0.0998 e. The molecule has 0 spiro atoms. The summed E-state index contributed by atoms with van der Waals surface area (Å²) in [6.45, 7) is 18.3. The van der Waals surface area contributed by atoms with Crippen molar-refractivity contribution in [2.24, 2.45) is 0 Å². The highest BCUT2D eigenvalue weighted by molar-refractivity contribution is 5.41. The molecule has 0 unspecified atom stereocenters. The summed E-state index contributed by atoms with van der Waals surface area (Å²) in [6, 6.07) is 6.54. The van der Waals surface area contributed by atoms with E-state index in [0.717, 1.165) is 19.3 Å². The van der Waals surface area contributed by atoms with Crippen LogP contribution in [0, 0.1) is 0 Å². The van der Waals surface area contributed by atoms with Crippen LogP contribution in [0.4, 0.5) is 0 Å². The van der Waals surface area contributed by atoms with Gasteiger partial charge in [-0.15, -0.1) is 0 Å². The molecule has 0 aliphatic rings. The minimum atomic E-state index is 0.950. The first kappa shape index (κ1) is 14.5. The Hall–Kier alpha value is -1.56. The smallest absolute Gasteiger partial charge is 0.00669 e. The van der Waals surface area contributed by atoms with Crippen molar-refractivity contribution >= 4 is 0 Å². The second kappa shape index (κ2) is 6.39. The number of rotatable bonds is 6. The van der Waals surface area contributed by atoms with Crippen LogP contribution in [-0.2, 0) is 19.3 Å². The van der Waals surface area contributed by atoms with Gasteiger partial charge in [0.15, 0.2) is 0 Å². The van der Waals surface area contributed by atoms with Crippen molar-refractivity contribution in [3.8, 4) is 0 Å². The van der Waals surface area contributed by atoms with Crippen molar-refractivity contribution in [2.45, 2.75) is 40.0 Å². The van der Waals surface area contributed by atoms with Crippen molar-refractivity contribution in [1.82, 2.24) is 0 Å². The molecule has 0 aliphatic heterocycles. The SMILES string of the molecule is C=C(C)Cc1cccc(CC(=C)C)c1CC(=C)C. The lowest BCUT2D eigenvalue weighted by Crippen LogP contribution is -2.02. The van der Waals surface area contributed by atoms with Crippen molar-refractivity contribution in [3.63, 3.8) is 0 Å². The predicted molar refractivity (Wildman–Crippen MR) is 82.0 cm³/mol. The molecular formula is C18H24. The summed E-state index contributed by atoms with van der Waals surface area (Å²) in [7, 11) is 0. The lowest BCUT2D eigenvalue weighted by atomic mass is 9.90. The molecule has 0 saturated carbocycles. The maximum Gasteiger partial charge on any atom is -0.00669 e. The molecule has 96 valence electrons. The summed E-state index contributed by atoms with van der Waals surface area (Å²) in [5.74, 6) is 0. The van der Waals surface area contributed by atoms with Gasteiger partial charge in [0.05, 0.1) is 0 Å². The summed E-state index contributed by atoms with van der Waals surface area (Å²) in [5, 5.41) is 0. The lowest BCUT2D eigenvalue weighted by Gasteiger charge is -2.15. The molecule has 1 aromatic carbocycles. The first-order valence-corrected chi connectivity index (χ1v) is 6.43. The zero-order valence-electron chi connectivity index (χ0n) is 12.0. The van der Waals surface area contributed by atoms with Crippen LogP contribution >= 0.6 is 0 Å². The van der Waals surface area contributed by atoms with Crippen LogP contribution in [0.25, 0.3) is 0 Å². The van der Waals surface area contributed by atoms with Gasteiger partial charge in [0.25, 0.3) is 0 Å². The Kier molecular flexibility index (Phi) is 5.15. The quantitative estimate of drug-likeness (QED) is 0.611. The van der Waals surface area contributed by atoms with Gasteiger partial charge in [-0.25, -0.2) is 0 Å². The van der Waals surface area contributed by atoms with Gasteiger partial charge in [-0.2, -0.15) is 0 Å². The summed E-state index contributed by atoms with van der Waals surface area (Å²) in [6.07, 6.45) is 2.85.